The molecule has 1 aromatic carbocycles. The third-order valence-corrected chi connectivity index (χ3v) is 2.76. The molecule has 0 radical (unpaired) electrons. The Hall–Kier alpha value is -2.87. The van der Waals surface area contributed by atoms with E-state index in [1.54, 1.807) is 32.0 Å². The third kappa shape index (κ3) is 2.75. The van der Waals surface area contributed by atoms with Gasteiger partial charge in [-0.15, -0.1) is 0 Å². The van der Waals surface area contributed by atoms with Crippen molar-refractivity contribution in [3.05, 3.63) is 52.7 Å². The summed E-state index contributed by atoms with van der Waals surface area (Å²) in [5.74, 6) is -0.481. The predicted molar refractivity (Wildman–Crippen MR) is 71.9 cm³/mol. The van der Waals surface area contributed by atoms with E-state index in [2.05, 4.69) is 4.98 Å². The molecule has 2 rings (SSSR count). The van der Waals surface area contributed by atoms with Crippen LogP contribution < -0.4 is 4.74 Å². The Morgan fingerprint density at radius 3 is 2.70 bits per heavy atom. The third-order valence-electron chi connectivity index (χ3n) is 2.76. The molecule has 0 saturated carbocycles. The van der Waals surface area contributed by atoms with Crippen LogP contribution in [0.5, 0.6) is 11.6 Å². The van der Waals surface area contributed by atoms with Gasteiger partial charge in [0.15, 0.2) is 0 Å². The topological polar surface area (TPSA) is 83.2 Å². The lowest BCUT2D eigenvalue weighted by Crippen LogP contribution is -1.99. The van der Waals surface area contributed by atoms with E-state index in [1.165, 1.54) is 12.1 Å². The average molecular weight is 268 g/mol. The maximum atomic E-state index is 11.0. The first kappa shape index (κ1) is 13.6. The van der Waals surface area contributed by atoms with Gasteiger partial charge < -0.3 is 9.84 Å². The largest absolute Gasteiger partial charge is 0.478 e. The van der Waals surface area contributed by atoms with Crippen molar-refractivity contribution in [3.63, 3.8) is 0 Å². The summed E-state index contributed by atoms with van der Waals surface area (Å²) < 4.78 is 5.61. The number of rotatable bonds is 3. The molecule has 1 N–H and O–H groups in total. The van der Waals surface area contributed by atoms with Gasteiger partial charge in [0.1, 0.15) is 17.4 Å². The molecule has 20 heavy (non-hydrogen) atoms. The zero-order chi connectivity index (χ0) is 14.7. The first-order valence-corrected chi connectivity index (χ1v) is 5.91. The SMILES string of the molecule is Cc1ccc(C#N)c(Oc2cc(C(=O)O)ccc2C)n1. The standard InChI is InChI=1S/C15H12N2O3/c1-9-3-5-11(15(18)19)7-13(9)20-14-12(8-16)6-4-10(2)17-14/h3-7H,1-2H3,(H,18,19). The molecule has 0 unspecified atom stereocenters. The summed E-state index contributed by atoms with van der Waals surface area (Å²) in [4.78, 5) is 15.1. The van der Waals surface area contributed by atoms with Crippen molar-refractivity contribution in [2.75, 3.05) is 0 Å². The second-order valence-corrected chi connectivity index (χ2v) is 4.30. The fourth-order valence-corrected chi connectivity index (χ4v) is 1.64. The first-order valence-electron chi connectivity index (χ1n) is 5.91. The predicted octanol–water partition coefficient (Wildman–Crippen LogP) is 3.06. The number of hydrogen-bond donors (Lipinski definition) is 1. The van der Waals surface area contributed by atoms with Gasteiger partial charge in [0, 0.05) is 5.69 Å². The molecule has 1 heterocycles. The number of aromatic carboxylic acids is 1. The Morgan fingerprint density at radius 1 is 1.30 bits per heavy atom. The van der Waals surface area contributed by atoms with Crippen molar-refractivity contribution in [2.24, 2.45) is 0 Å². The molecule has 1 aromatic heterocycles. The van der Waals surface area contributed by atoms with E-state index in [4.69, 9.17) is 15.1 Å². The summed E-state index contributed by atoms with van der Waals surface area (Å²) in [6.45, 7) is 3.58. The summed E-state index contributed by atoms with van der Waals surface area (Å²) in [7, 11) is 0. The molecule has 0 bridgehead atoms. The zero-order valence-electron chi connectivity index (χ0n) is 11.0. The monoisotopic (exact) mass is 268 g/mol. The minimum Gasteiger partial charge on any atom is -0.478 e. The van der Waals surface area contributed by atoms with E-state index in [0.29, 0.717) is 17.0 Å². The lowest BCUT2D eigenvalue weighted by Gasteiger charge is -2.10. The molecule has 0 aliphatic heterocycles. The van der Waals surface area contributed by atoms with Crippen LogP contribution in [0, 0.1) is 25.2 Å². The highest BCUT2D eigenvalue weighted by Gasteiger charge is 2.11. The molecule has 0 spiro atoms. The number of carbonyl (C=O) groups is 1. The van der Waals surface area contributed by atoms with Crippen LogP contribution in [0.25, 0.3) is 0 Å². The molecule has 0 saturated heterocycles. The van der Waals surface area contributed by atoms with Crippen molar-refractivity contribution in [3.8, 4) is 17.7 Å². The highest BCUT2D eigenvalue weighted by atomic mass is 16.5. The van der Waals surface area contributed by atoms with Crippen molar-refractivity contribution >= 4 is 5.97 Å². The van der Waals surface area contributed by atoms with Crippen molar-refractivity contribution in [2.45, 2.75) is 13.8 Å². The van der Waals surface area contributed by atoms with E-state index in [-0.39, 0.29) is 11.4 Å². The van der Waals surface area contributed by atoms with E-state index in [1.807, 2.05) is 6.07 Å². The van der Waals surface area contributed by atoms with E-state index < -0.39 is 5.97 Å². The summed E-state index contributed by atoms with van der Waals surface area (Å²) in [6.07, 6.45) is 0. The van der Waals surface area contributed by atoms with Gasteiger partial charge in [0.25, 0.3) is 0 Å². The van der Waals surface area contributed by atoms with Crippen LogP contribution >= 0.6 is 0 Å². The Morgan fingerprint density at radius 2 is 2.05 bits per heavy atom. The van der Waals surface area contributed by atoms with Gasteiger partial charge in [-0.3, -0.25) is 0 Å². The summed E-state index contributed by atoms with van der Waals surface area (Å²) >= 11 is 0. The van der Waals surface area contributed by atoms with Crippen molar-refractivity contribution < 1.29 is 14.6 Å². The molecule has 0 fully saturated rings. The average Bonchev–Trinajstić information content (AvgIpc) is 2.41. The number of ether oxygens (including phenoxy) is 1. The Labute approximate surface area is 116 Å². The number of benzene rings is 1. The molecule has 100 valence electrons. The van der Waals surface area contributed by atoms with Crippen LogP contribution in [-0.4, -0.2) is 16.1 Å². The number of aromatic nitrogens is 1. The molecule has 0 amide bonds. The molecule has 5 nitrogen and oxygen atoms in total. The van der Waals surface area contributed by atoms with Gasteiger partial charge in [-0.1, -0.05) is 6.07 Å². The lowest BCUT2D eigenvalue weighted by atomic mass is 10.1. The van der Waals surface area contributed by atoms with Crippen molar-refractivity contribution in [1.82, 2.24) is 4.98 Å². The van der Waals surface area contributed by atoms with Crippen LogP contribution in [0.1, 0.15) is 27.2 Å². The Balaban J connectivity index is 2.44. The minimum atomic E-state index is -1.03. The second kappa shape index (κ2) is 5.41. The molecular formula is C15H12N2O3. The zero-order valence-corrected chi connectivity index (χ0v) is 11.0. The normalized spacial score (nSPS) is 9.85. The lowest BCUT2D eigenvalue weighted by molar-refractivity contribution is 0.0696. The molecule has 5 heteroatoms. The number of pyridine rings is 1. The van der Waals surface area contributed by atoms with Gasteiger partial charge in [-0.05, 0) is 43.7 Å². The molecule has 0 aliphatic carbocycles. The smallest absolute Gasteiger partial charge is 0.335 e. The number of hydrogen-bond acceptors (Lipinski definition) is 4. The Bertz CT molecular complexity index is 718. The fraction of sp³-hybridized carbons (Fsp3) is 0.133. The van der Waals surface area contributed by atoms with E-state index >= 15 is 0 Å². The number of nitriles is 1. The molecular weight excluding hydrogens is 256 g/mol. The van der Waals surface area contributed by atoms with Crippen LogP contribution in [0.3, 0.4) is 0 Å². The number of carboxylic acid groups (broad SMARTS) is 1. The summed E-state index contributed by atoms with van der Waals surface area (Å²) in [6, 6.07) is 9.90. The van der Waals surface area contributed by atoms with Crippen molar-refractivity contribution in [1.29, 1.82) is 5.26 Å². The molecule has 0 aliphatic rings. The highest BCUT2D eigenvalue weighted by Crippen LogP contribution is 2.27. The number of carboxylic acids is 1. The number of aryl methyl sites for hydroxylation is 2. The van der Waals surface area contributed by atoms with Crippen LogP contribution in [0.15, 0.2) is 30.3 Å². The highest BCUT2D eigenvalue weighted by molar-refractivity contribution is 5.88. The van der Waals surface area contributed by atoms with E-state index in [0.717, 1.165) is 5.56 Å². The maximum Gasteiger partial charge on any atom is 0.335 e. The van der Waals surface area contributed by atoms with Gasteiger partial charge in [0.05, 0.1) is 5.56 Å². The summed E-state index contributed by atoms with van der Waals surface area (Å²) in [5, 5.41) is 18.0. The Kier molecular flexibility index (Phi) is 3.67. The van der Waals surface area contributed by atoms with E-state index in [9.17, 15) is 4.79 Å². The van der Waals surface area contributed by atoms with Gasteiger partial charge >= 0.3 is 5.97 Å². The van der Waals surface area contributed by atoms with Gasteiger partial charge in [0.2, 0.25) is 5.88 Å². The molecule has 2 aromatic rings. The minimum absolute atomic E-state index is 0.122. The van der Waals surface area contributed by atoms with Gasteiger partial charge in [-0.25, -0.2) is 9.78 Å². The maximum absolute atomic E-state index is 11.0. The van der Waals surface area contributed by atoms with Crippen LogP contribution in [0.2, 0.25) is 0 Å². The fourth-order valence-electron chi connectivity index (χ4n) is 1.64. The first-order chi connectivity index (χ1) is 9.51. The summed E-state index contributed by atoms with van der Waals surface area (Å²) in [5.41, 5.74) is 1.90. The van der Waals surface area contributed by atoms with Gasteiger partial charge in [-0.2, -0.15) is 5.26 Å². The van der Waals surface area contributed by atoms with Crippen LogP contribution in [-0.2, 0) is 0 Å². The molecule has 0 atom stereocenters. The number of nitrogens with zero attached hydrogens (tertiary/aromatic N) is 2. The quantitative estimate of drug-likeness (QED) is 0.924. The second-order valence-electron chi connectivity index (χ2n) is 4.30. The van der Waals surface area contributed by atoms with Crippen LogP contribution in [0.4, 0.5) is 0 Å².